The second-order valence-corrected chi connectivity index (χ2v) is 6.19. The van der Waals surface area contributed by atoms with Gasteiger partial charge in [0.2, 0.25) is 0 Å². The van der Waals surface area contributed by atoms with Gasteiger partial charge in [0, 0.05) is 25.0 Å². The van der Waals surface area contributed by atoms with Crippen molar-refractivity contribution in [2.75, 3.05) is 27.0 Å². The third-order valence-electron chi connectivity index (χ3n) is 4.57. The van der Waals surface area contributed by atoms with Crippen LogP contribution in [0.4, 0.5) is 0 Å². The molecule has 0 saturated carbocycles. The molecule has 128 valence electrons. The van der Waals surface area contributed by atoms with E-state index in [-0.39, 0.29) is 6.79 Å². The highest BCUT2D eigenvalue weighted by Gasteiger charge is 2.22. The molecular formula is C22H23NO2. The molecule has 1 aliphatic rings. The maximum atomic E-state index is 5.71. The van der Waals surface area contributed by atoms with Crippen molar-refractivity contribution in [3.8, 4) is 29.9 Å². The topological polar surface area (TPSA) is 21.7 Å². The Morgan fingerprint density at radius 1 is 1.24 bits per heavy atom. The van der Waals surface area contributed by atoms with Gasteiger partial charge in [-0.15, -0.1) is 6.42 Å². The normalized spacial score (nSPS) is 17.0. The number of ether oxygens (including phenoxy) is 2. The van der Waals surface area contributed by atoms with Gasteiger partial charge in [0.05, 0.1) is 12.1 Å². The lowest BCUT2D eigenvalue weighted by Gasteiger charge is -2.19. The van der Waals surface area contributed by atoms with Crippen molar-refractivity contribution < 1.29 is 9.47 Å². The minimum atomic E-state index is 0.214. The van der Waals surface area contributed by atoms with Crippen molar-refractivity contribution >= 4 is 10.8 Å². The molecule has 1 saturated heterocycles. The Balaban J connectivity index is 1.86. The summed E-state index contributed by atoms with van der Waals surface area (Å²) in [5.41, 5.74) is 0.927. The first kappa shape index (κ1) is 17.4. The molecule has 0 aliphatic carbocycles. The number of hydrogen-bond acceptors (Lipinski definition) is 3. The zero-order valence-electron chi connectivity index (χ0n) is 14.6. The molecule has 25 heavy (non-hydrogen) atoms. The molecule has 2 aromatic rings. The quantitative estimate of drug-likeness (QED) is 0.616. The van der Waals surface area contributed by atoms with Crippen LogP contribution in [-0.4, -0.2) is 37.9 Å². The summed E-state index contributed by atoms with van der Waals surface area (Å²) < 4.78 is 10.8. The van der Waals surface area contributed by atoms with Crippen molar-refractivity contribution in [1.29, 1.82) is 0 Å². The minimum absolute atomic E-state index is 0.214. The van der Waals surface area contributed by atoms with E-state index in [0.717, 1.165) is 35.1 Å². The van der Waals surface area contributed by atoms with E-state index in [2.05, 4.69) is 40.9 Å². The molecule has 0 N–H and O–H groups in total. The number of fused-ring (bicyclic) bond motifs is 1. The predicted molar refractivity (Wildman–Crippen MR) is 101 cm³/mol. The van der Waals surface area contributed by atoms with Gasteiger partial charge in [-0.2, -0.15) is 0 Å². The summed E-state index contributed by atoms with van der Waals surface area (Å²) in [6.45, 7) is 2.00. The van der Waals surface area contributed by atoms with Gasteiger partial charge >= 0.3 is 0 Å². The zero-order chi connectivity index (χ0) is 17.5. The highest BCUT2D eigenvalue weighted by Crippen LogP contribution is 2.27. The van der Waals surface area contributed by atoms with Crippen LogP contribution >= 0.6 is 0 Å². The van der Waals surface area contributed by atoms with Crippen LogP contribution in [0.2, 0.25) is 0 Å². The van der Waals surface area contributed by atoms with E-state index in [1.807, 2.05) is 18.2 Å². The molecule has 3 nitrogen and oxygen atoms in total. The lowest BCUT2D eigenvalue weighted by atomic mass is 10.0. The molecule has 0 radical (unpaired) electrons. The molecule has 3 heteroatoms. The van der Waals surface area contributed by atoms with Crippen LogP contribution < -0.4 is 4.74 Å². The number of nitrogens with zero attached hydrogens (tertiary/aromatic N) is 1. The van der Waals surface area contributed by atoms with E-state index in [4.69, 9.17) is 15.9 Å². The number of likely N-dealkylation sites (tertiary alicyclic amines) is 1. The monoisotopic (exact) mass is 333 g/mol. The SMILES string of the molecule is C#CCN1CCC[C@H]1CC#Cc1c(OCOC)ccc2ccccc12. The van der Waals surface area contributed by atoms with Crippen LogP contribution in [0, 0.1) is 24.2 Å². The number of terminal acetylenes is 1. The van der Waals surface area contributed by atoms with Crippen molar-refractivity contribution in [1.82, 2.24) is 4.90 Å². The second kappa shape index (κ2) is 8.58. The Kier molecular flexibility index (Phi) is 5.96. The first-order chi connectivity index (χ1) is 12.3. The average Bonchev–Trinajstić information content (AvgIpc) is 3.08. The zero-order valence-corrected chi connectivity index (χ0v) is 14.6. The number of rotatable bonds is 5. The van der Waals surface area contributed by atoms with Crippen LogP contribution in [0.3, 0.4) is 0 Å². The molecule has 3 rings (SSSR count). The van der Waals surface area contributed by atoms with Crippen molar-refractivity contribution in [3.05, 3.63) is 42.0 Å². The predicted octanol–water partition coefficient (Wildman–Crippen LogP) is 3.66. The van der Waals surface area contributed by atoms with Gasteiger partial charge in [-0.05, 0) is 30.8 Å². The lowest BCUT2D eigenvalue weighted by molar-refractivity contribution is 0.0510. The van der Waals surface area contributed by atoms with Crippen molar-refractivity contribution in [2.45, 2.75) is 25.3 Å². The number of benzene rings is 2. The van der Waals surface area contributed by atoms with Gasteiger partial charge in [-0.3, -0.25) is 4.90 Å². The summed E-state index contributed by atoms with van der Waals surface area (Å²) in [4.78, 5) is 2.35. The van der Waals surface area contributed by atoms with E-state index in [1.165, 1.54) is 12.8 Å². The molecule has 2 aromatic carbocycles. The maximum Gasteiger partial charge on any atom is 0.188 e. The molecule has 0 aromatic heterocycles. The van der Waals surface area contributed by atoms with Crippen LogP contribution in [0.1, 0.15) is 24.8 Å². The molecule has 1 heterocycles. The fourth-order valence-corrected chi connectivity index (χ4v) is 3.33. The second-order valence-electron chi connectivity index (χ2n) is 6.19. The number of methoxy groups -OCH3 is 1. The smallest absolute Gasteiger partial charge is 0.188 e. The van der Waals surface area contributed by atoms with Crippen molar-refractivity contribution in [3.63, 3.8) is 0 Å². The fraction of sp³-hybridized carbons (Fsp3) is 0.364. The van der Waals surface area contributed by atoms with Crippen LogP contribution in [0.15, 0.2) is 36.4 Å². The minimum Gasteiger partial charge on any atom is -0.466 e. The molecule has 1 aliphatic heterocycles. The Bertz CT molecular complexity index is 825. The van der Waals surface area contributed by atoms with E-state index >= 15 is 0 Å². The summed E-state index contributed by atoms with van der Waals surface area (Å²) in [7, 11) is 1.62. The summed E-state index contributed by atoms with van der Waals surface area (Å²) in [6, 6.07) is 12.7. The first-order valence-electron chi connectivity index (χ1n) is 8.63. The standard InChI is InChI=1S/C22H23NO2/c1-3-15-23-16-7-10-19(23)9-6-12-21-20-11-5-4-8-18(20)13-14-22(21)25-17-24-2/h1,4-5,8,11,13-14,19H,7,9-10,15-17H2,2H3/t19-/m1/s1. The van der Waals surface area contributed by atoms with Crippen LogP contribution in [0.25, 0.3) is 10.8 Å². The Morgan fingerprint density at radius 2 is 2.12 bits per heavy atom. The molecule has 1 atom stereocenters. The van der Waals surface area contributed by atoms with Gasteiger partial charge in [0.1, 0.15) is 5.75 Å². The first-order valence-corrected chi connectivity index (χ1v) is 8.63. The van der Waals surface area contributed by atoms with Crippen LogP contribution in [-0.2, 0) is 4.74 Å². The average molecular weight is 333 g/mol. The Hall–Kier alpha value is -2.46. The molecular weight excluding hydrogens is 310 g/mol. The summed E-state index contributed by atoms with van der Waals surface area (Å²) in [5.74, 6) is 10.2. The van der Waals surface area contributed by atoms with Gasteiger partial charge in [0.25, 0.3) is 0 Å². The molecule has 1 fully saturated rings. The van der Waals surface area contributed by atoms with E-state index in [1.54, 1.807) is 7.11 Å². The largest absolute Gasteiger partial charge is 0.466 e. The summed E-state index contributed by atoms with van der Waals surface area (Å²) in [6.07, 6.45) is 8.66. The van der Waals surface area contributed by atoms with Gasteiger partial charge < -0.3 is 9.47 Å². The maximum absolute atomic E-state index is 5.71. The van der Waals surface area contributed by atoms with E-state index in [9.17, 15) is 0 Å². The van der Waals surface area contributed by atoms with Gasteiger partial charge in [-0.25, -0.2) is 0 Å². The van der Waals surface area contributed by atoms with Crippen molar-refractivity contribution in [2.24, 2.45) is 0 Å². The summed E-state index contributed by atoms with van der Waals surface area (Å²) in [5, 5.41) is 2.27. The molecule has 0 spiro atoms. The van der Waals surface area contributed by atoms with Gasteiger partial charge in [-0.1, -0.05) is 48.1 Å². The highest BCUT2D eigenvalue weighted by atomic mass is 16.7. The Labute approximate surface area is 149 Å². The third-order valence-corrected chi connectivity index (χ3v) is 4.57. The van der Waals surface area contributed by atoms with E-state index < -0.39 is 0 Å². The van der Waals surface area contributed by atoms with Gasteiger partial charge in [0.15, 0.2) is 6.79 Å². The number of hydrogen-bond donors (Lipinski definition) is 0. The third kappa shape index (κ3) is 4.15. The lowest BCUT2D eigenvalue weighted by Crippen LogP contribution is -2.29. The highest BCUT2D eigenvalue weighted by molar-refractivity contribution is 5.90. The molecule has 0 unspecified atom stereocenters. The molecule has 0 amide bonds. The van der Waals surface area contributed by atoms with Crippen LogP contribution in [0.5, 0.6) is 5.75 Å². The Morgan fingerprint density at radius 3 is 2.96 bits per heavy atom. The molecule has 0 bridgehead atoms. The van der Waals surface area contributed by atoms with E-state index in [0.29, 0.717) is 12.6 Å². The summed E-state index contributed by atoms with van der Waals surface area (Å²) >= 11 is 0. The fourth-order valence-electron chi connectivity index (χ4n) is 3.33.